The van der Waals surface area contributed by atoms with Crippen LogP contribution in [-0.2, 0) is 6.61 Å². The third-order valence-electron chi connectivity index (χ3n) is 4.91. The fourth-order valence-corrected chi connectivity index (χ4v) is 3.94. The molecule has 2 aromatic heterocycles. The molecule has 0 aliphatic carbocycles. The molecule has 0 saturated heterocycles. The first-order valence-corrected chi connectivity index (χ1v) is 11.1. The molecule has 0 amide bonds. The summed E-state index contributed by atoms with van der Waals surface area (Å²) >= 11 is 1.42. The van der Waals surface area contributed by atoms with Gasteiger partial charge >= 0.3 is 6.09 Å². The maximum atomic E-state index is 11.2. The molecule has 0 spiro atoms. The Balaban J connectivity index is 1.64. The average molecular weight is 472 g/mol. The van der Waals surface area contributed by atoms with Crippen LogP contribution in [0.4, 0.5) is 10.5 Å². The fourth-order valence-electron chi connectivity index (χ4n) is 3.12. The van der Waals surface area contributed by atoms with Crippen molar-refractivity contribution in [1.29, 1.82) is 5.26 Å². The Morgan fingerprint density at radius 1 is 1.21 bits per heavy atom. The summed E-state index contributed by atoms with van der Waals surface area (Å²) in [4.78, 5) is 23.9. The van der Waals surface area contributed by atoms with Crippen molar-refractivity contribution >= 4 is 23.5 Å². The number of carboxylic acid groups (broad SMARTS) is 1. The van der Waals surface area contributed by atoms with Gasteiger partial charge < -0.3 is 14.7 Å². The standard InChI is InChI=1S/C25H21N5O3S/c1-29(2)20-5-3-4-18(12-20)16-33-24-22(34-21-8-6-17(13-26)7-9-21)14-27-23(28-24)19-10-11-30(15-19)25(31)32/h3-12,14-15H,16H2,1-2H3,(H,31,32). The maximum Gasteiger partial charge on any atom is 0.415 e. The highest BCUT2D eigenvalue weighted by atomic mass is 32.2. The molecule has 8 nitrogen and oxygen atoms in total. The Hall–Kier alpha value is -4.29. The second kappa shape index (κ2) is 10.1. The number of rotatable bonds is 7. The van der Waals surface area contributed by atoms with Crippen molar-refractivity contribution in [2.75, 3.05) is 19.0 Å². The van der Waals surface area contributed by atoms with E-state index in [1.807, 2.05) is 55.4 Å². The lowest BCUT2D eigenvalue weighted by Crippen LogP contribution is -2.09. The molecule has 0 aliphatic rings. The number of carbonyl (C=O) groups is 1. The van der Waals surface area contributed by atoms with Gasteiger partial charge in [0.05, 0.1) is 16.5 Å². The van der Waals surface area contributed by atoms with E-state index < -0.39 is 6.09 Å². The van der Waals surface area contributed by atoms with E-state index in [2.05, 4.69) is 16.0 Å². The van der Waals surface area contributed by atoms with E-state index in [0.717, 1.165) is 20.7 Å². The van der Waals surface area contributed by atoms with Gasteiger partial charge in [-0.2, -0.15) is 10.2 Å². The maximum absolute atomic E-state index is 11.2. The van der Waals surface area contributed by atoms with Gasteiger partial charge in [-0.1, -0.05) is 23.9 Å². The highest BCUT2D eigenvalue weighted by Crippen LogP contribution is 2.35. The van der Waals surface area contributed by atoms with Crippen LogP contribution in [-0.4, -0.2) is 39.8 Å². The lowest BCUT2D eigenvalue weighted by Gasteiger charge is -2.15. The summed E-state index contributed by atoms with van der Waals surface area (Å²) in [5, 5.41) is 18.2. The van der Waals surface area contributed by atoms with Crippen molar-refractivity contribution in [2.45, 2.75) is 16.4 Å². The van der Waals surface area contributed by atoms with Crippen molar-refractivity contribution in [1.82, 2.24) is 14.5 Å². The van der Waals surface area contributed by atoms with Crippen molar-refractivity contribution in [3.8, 4) is 23.3 Å². The molecule has 1 N–H and O–H groups in total. The summed E-state index contributed by atoms with van der Waals surface area (Å²) in [5.41, 5.74) is 3.19. The van der Waals surface area contributed by atoms with Crippen LogP contribution in [0.2, 0.25) is 0 Å². The summed E-state index contributed by atoms with van der Waals surface area (Å²) in [6.07, 6.45) is 3.47. The molecule has 0 fully saturated rings. The van der Waals surface area contributed by atoms with E-state index in [1.54, 1.807) is 24.4 Å². The Kier molecular flexibility index (Phi) is 6.80. The number of nitriles is 1. The van der Waals surface area contributed by atoms with Crippen LogP contribution in [0.15, 0.2) is 83.0 Å². The minimum atomic E-state index is -1.09. The minimum absolute atomic E-state index is 0.301. The van der Waals surface area contributed by atoms with E-state index in [1.165, 1.54) is 24.2 Å². The molecular formula is C25H21N5O3S. The Labute approximate surface area is 201 Å². The van der Waals surface area contributed by atoms with E-state index in [0.29, 0.717) is 34.3 Å². The molecule has 9 heteroatoms. The lowest BCUT2D eigenvalue weighted by atomic mass is 10.2. The van der Waals surface area contributed by atoms with Gasteiger partial charge in [0.15, 0.2) is 5.82 Å². The van der Waals surface area contributed by atoms with Gasteiger partial charge in [-0.3, -0.25) is 4.57 Å². The van der Waals surface area contributed by atoms with Gasteiger partial charge in [-0.25, -0.2) is 9.78 Å². The summed E-state index contributed by atoms with van der Waals surface area (Å²) in [5.74, 6) is 0.749. The van der Waals surface area contributed by atoms with Crippen molar-refractivity contribution in [2.24, 2.45) is 0 Å². The number of ether oxygens (including phenoxy) is 1. The van der Waals surface area contributed by atoms with Crippen LogP contribution >= 0.6 is 11.8 Å². The molecule has 34 heavy (non-hydrogen) atoms. The first-order valence-electron chi connectivity index (χ1n) is 10.3. The predicted molar refractivity (Wildman–Crippen MR) is 129 cm³/mol. The van der Waals surface area contributed by atoms with Crippen LogP contribution in [0.25, 0.3) is 11.4 Å². The Bertz CT molecular complexity index is 1360. The zero-order valence-electron chi connectivity index (χ0n) is 18.5. The zero-order chi connectivity index (χ0) is 24.1. The van der Waals surface area contributed by atoms with E-state index >= 15 is 0 Å². The van der Waals surface area contributed by atoms with E-state index in [4.69, 9.17) is 10.00 Å². The molecule has 4 aromatic rings. The zero-order valence-corrected chi connectivity index (χ0v) is 19.4. The molecular weight excluding hydrogens is 450 g/mol. The summed E-state index contributed by atoms with van der Waals surface area (Å²) < 4.78 is 7.17. The average Bonchev–Trinajstić information content (AvgIpc) is 3.35. The minimum Gasteiger partial charge on any atom is -0.472 e. The Morgan fingerprint density at radius 2 is 2.00 bits per heavy atom. The smallest absolute Gasteiger partial charge is 0.415 e. The molecule has 4 rings (SSSR count). The first kappa shape index (κ1) is 22.9. The number of hydrogen-bond donors (Lipinski definition) is 1. The predicted octanol–water partition coefficient (Wildman–Crippen LogP) is 5.14. The van der Waals surface area contributed by atoms with Crippen LogP contribution in [0.5, 0.6) is 5.88 Å². The second-order valence-electron chi connectivity index (χ2n) is 7.54. The quantitative estimate of drug-likeness (QED) is 0.395. The largest absolute Gasteiger partial charge is 0.472 e. The summed E-state index contributed by atoms with van der Waals surface area (Å²) in [6.45, 7) is 0.301. The third-order valence-corrected chi connectivity index (χ3v) is 5.92. The monoisotopic (exact) mass is 471 g/mol. The molecule has 0 radical (unpaired) electrons. The second-order valence-corrected chi connectivity index (χ2v) is 8.66. The van der Waals surface area contributed by atoms with Gasteiger partial charge in [0, 0.05) is 48.8 Å². The Morgan fingerprint density at radius 3 is 2.68 bits per heavy atom. The first-order chi connectivity index (χ1) is 16.4. The highest BCUT2D eigenvalue weighted by molar-refractivity contribution is 7.99. The van der Waals surface area contributed by atoms with Crippen molar-refractivity contribution in [3.05, 3.63) is 84.3 Å². The van der Waals surface area contributed by atoms with Crippen LogP contribution in [0.3, 0.4) is 0 Å². The fraction of sp³-hybridized carbons (Fsp3) is 0.120. The number of hydrogen-bond acceptors (Lipinski definition) is 7. The molecule has 2 aromatic carbocycles. The van der Waals surface area contributed by atoms with E-state index in [-0.39, 0.29) is 0 Å². The highest BCUT2D eigenvalue weighted by Gasteiger charge is 2.14. The van der Waals surface area contributed by atoms with Gasteiger partial charge in [-0.05, 0) is 48.0 Å². The van der Waals surface area contributed by atoms with Crippen LogP contribution in [0.1, 0.15) is 11.1 Å². The van der Waals surface area contributed by atoms with Crippen molar-refractivity contribution in [3.63, 3.8) is 0 Å². The number of benzene rings is 2. The van der Waals surface area contributed by atoms with Crippen molar-refractivity contribution < 1.29 is 14.6 Å². The summed E-state index contributed by atoms with van der Waals surface area (Å²) in [6, 6.07) is 19.0. The van der Waals surface area contributed by atoms with Gasteiger partial charge in [0.25, 0.3) is 0 Å². The van der Waals surface area contributed by atoms with Gasteiger partial charge in [-0.15, -0.1) is 0 Å². The van der Waals surface area contributed by atoms with Crippen LogP contribution < -0.4 is 9.64 Å². The van der Waals surface area contributed by atoms with E-state index in [9.17, 15) is 9.90 Å². The molecule has 170 valence electrons. The lowest BCUT2D eigenvalue weighted by molar-refractivity contribution is 0.196. The molecule has 2 heterocycles. The SMILES string of the molecule is CN(C)c1cccc(COc2nc(-c3ccn(C(=O)O)c3)ncc2Sc2ccc(C#N)cc2)c1. The molecule has 0 aliphatic heterocycles. The molecule has 0 saturated carbocycles. The summed E-state index contributed by atoms with van der Waals surface area (Å²) in [7, 11) is 3.96. The molecule has 0 bridgehead atoms. The third kappa shape index (κ3) is 5.36. The molecule has 0 atom stereocenters. The molecule has 0 unspecified atom stereocenters. The van der Waals surface area contributed by atoms with Crippen LogP contribution in [0, 0.1) is 11.3 Å². The number of anilines is 1. The van der Waals surface area contributed by atoms with Gasteiger partial charge in [0.2, 0.25) is 5.88 Å². The van der Waals surface area contributed by atoms with Gasteiger partial charge in [0.1, 0.15) is 6.61 Å². The normalized spacial score (nSPS) is 10.5. The number of nitrogens with zero attached hydrogens (tertiary/aromatic N) is 5. The number of aromatic nitrogens is 3. The topological polar surface area (TPSA) is 104 Å².